The van der Waals surface area contributed by atoms with E-state index < -0.39 is 0 Å². The number of hydrogen-bond acceptors (Lipinski definition) is 3. The molecule has 58 heavy (non-hydrogen) atoms. The maximum absolute atomic E-state index is 2.70. The lowest BCUT2D eigenvalue weighted by Gasteiger charge is -2.44. The van der Waals surface area contributed by atoms with Crippen molar-refractivity contribution in [3.63, 3.8) is 0 Å². The van der Waals surface area contributed by atoms with E-state index in [1.54, 1.807) is 5.56 Å². The molecule has 0 amide bonds. The summed E-state index contributed by atoms with van der Waals surface area (Å²) in [5, 5.41) is 1.41. The highest BCUT2D eigenvalue weighted by Crippen LogP contribution is 2.52. The fourth-order valence-corrected chi connectivity index (χ4v) is 11.9. The zero-order chi connectivity index (χ0) is 40.5. The van der Waals surface area contributed by atoms with Gasteiger partial charge in [-0.1, -0.05) is 124 Å². The fourth-order valence-electron chi connectivity index (χ4n) is 10.6. The summed E-state index contributed by atoms with van der Waals surface area (Å²) < 4.78 is 2.90. The van der Waals surface area contributed by atoms with Crippen LogP contribution in [0.2, 0.25) is 0 Å². The maximum Gasteiger partial charge on any atom is 0.264 e. The molecule has 0 saturated heterocycles. The SMILES string of the molecule is CC(C)(C)c1ccc(N2c3ccc(C(C)(C)C)cc3B3c4sc5cc6c(cc5c4N(C4=CCCC(C5=CC=CCC5)=C4)c4cccc2c43)C(C)(C)CCC6(C)C)cc1. The predicted molar refractivity (Wildman–Crippen MR) is 254 cm³/mol. The molecule has 0 atom stereocenters. The zero-order valence-electron chi connectivity index (χ0n) is 36.4. The second-order valence-corrected chi connectivity index (χ2v) is 22.2. The van der Waals surface area contributed by atoms with Crippen LogP contribution in [-0.2, 0) is 21.7 Å². The molecule has 5 aromatic rings. The molecule has 0 spiro atoms. The Hall–Kier alpha value is -4.54. The van der Waals surface area contributed by atoms with Crippen molar-refractivity contribution in [3.8, 4) is 0 Å². The average molecular weight is 779 g/mol. The van der Waals surface area contributed by atoms with Crippen molar-refractivity contribution in [1.82, 2.24) is 0 Å². The van der Waals surface area contributed by atoms with Crippen LogP contribution in [0.15, 0.2) is 120 Å². The number of thiophene rings is 1. The molecule has 0 saturated carbocycles. The molecule has 3 aliphatic carbocycles. The third kappa shape index (κ3) is 5.87. The Morgan fingerprint density at radius 3 is 2.00 bits per heavy atom. The van der Waals surface area contributed by atoms with Gasteiger partial charge < -0.3 is 9.80 Å². The predicted octanol–water partition coefficient (Wildman–Crippen LogP) is 13.5. The molecule has 2 aliphatic heterocycles. The monoisotopic (exact) mass is 778 g/mol. The maximum atomic E-state index is 2.70. The Bertz CT molecular complexity index is 2650. The molecule has 294 valence electrons. The molecular formula is C54H59BN2S. The molecule has 1 aromatic heterocycles. The Morgan fingerprint density at radius 1 is 0.672 bits per heavy atom. The standard InChI is InChI=1S/C54H59BN2S/c1-51(2,3)36-22-25-38(26-23-36)56-44-27-24-37(52(4,5)6)31-43(44)55-48-45(56)20-15-21-46(48)57(39-19-14-18-35(30-39)34-16-12-11-13-17-34)49-40-32-41-42(33-47(40)58-50(49)55)54(9,10)29-28-53(41,7)8/h11-12,15-16,19-27,30-33H,13-14,17-18,28-29H2,1-10H3. The third-order valence-corrected chi connectivity index (χ3v) is 15.4. The average Bonchev–Trinajstić information content (AvgIpc) is 3.57. The number of hydrogen-bond donors (Lipinski definition) is 0. The van der Waals surface area contributed by atoms with Gasteiger partial charge in [-0.25, -0.2) is 0 Å². The summed E-state index contributed by atoms with van der Waals surface area (Å²) in [5.74, 6) is 0. The van der Waals surface area contributed by atoms with Crippen molar-refractivity contribution in [2.24, 2.45) is 0 Å². The van der Waals surface area contributed by atoms with Gasteiger partial charge in [0.2, 0.25) is 0 Å². The van der Waals surface area contributed by atoms with Gasteiger partial charge in [0, 0.05) is 43.3 Å². The number of anilines is 5. The van der Waals surface area contributed by atoms with Crippen molar-refractivity contribution >= 4 is 72.3 Å². The largest absolute Gasteiger partial charge is 0.311 e. The van der Waals surface area contributed by atoms with Crippen molar-refractivity contribution in [2.45, 2.75) is 129 Å². The zero-order valence-corrected chi connectivity index (χ0v) is 37.3. The molecule has 10 rings (SSSR count). The number of fused-ring (bicyclic) bond motifs is 7. The molecule has 0 bridgehead atoms. The van der Waals surface area contributed by atoms with E-state index in [0.717, 1.165) is 25.7 Å². The Labute approximate surface area is 352 Å². The molecule has 4 aromatic carbocycles. The lowest BCUT2D eigenvalue weighted by atomic mass is 9.36. The van der Waals surface area contributed by atoms with Gasteiger partial charge in [-0.2, -0.15) is 0 Å². The van der Waals surface area contributed by atoms with E-state index in [1.165, 1.54) is 101 Å². The first-order chi connectivity index (χ1) is 27.5. The lowest BCUT2D eigenvalue weighted by Crippen LogP contribution is -2.61. The number of rotatable bonds is 3. The summed E-state index contributed by atoms with van der Waals surface area (Å²) in [6.45, 7) is 24.0. The first-order valence-electron chi connectivity index (χ1n) is 21.9. The summed E-state index contributed by atoms with van der Waals surface area (Å²) in [7, 11) is 0. The van der Waals surface area contributed by atoms with Crippen molar-refractivity contribution in [3.05, 3.63) is 142 Å². The molecule has 2 nitrogen and oxygen atoms in total. The van der Waals surface area contributed by atoms with E-state index in [-0.39, 0.29) is 28.4 Å². The Morgan fingerprint density at radius 2 is 1.33 bits per heavy atom. The second kappa shape index (κ2) is 13.0. The van der Waals surface area contributed by atoms with E-state index in [0.29, 0.717) is 0 Å². The van der Waals surface area contributed by atoms with Crippen LogP contribution < -0.4 is 25.5 Å². The fraction of sp³-hybridized carbons (Fsp3) is 0.370. The molecular weight excluding hydrogens is 719 g/mol. The van der Waals surface area contributed by atoms with E-state index in [4.69, 9.17) is 0 Å². The van der Waals surface area contributed by atoms with Crippen LogP contribution in [0.25, 0.3) is 10.1 Å². The first-order valence-corrected chi connectivity index (χ1v) is 22.7. The van der Waals surface area contributed by atoms with Gasteiger partial charge in [-0.15, -0.1) is 11.3 Å². The van der Waals surface area contributed by atoms with Gasteiger partial charge in [0.1, 0.15) is 0 Å². The molecule has 4 heteroatoms. The Balaban J connectivity index is 1.28. The summed E-state index contributed by atoms with van der Waals surface area (Å²) in [6.07, 6.45) is 18.8. The third-order valence-electron chi connectivity index (χ3n) is 14.2. The topological polar surface area (TPSA) is 6.48 Å². The smallest absolute Gasteiger partial charge is 0.264 e. The quantitative estimate of drug-likeness (QED) is 0.165. The number of allylic oxidation sites excluding steroid dienone is 7. The normalized spacial score (nSPS) is 19.2. The van der Waals surface area contributed by atoms with Crippen LogP contribution in [0, 0.1) is 0 Å². The molecule has 0 fully saturated rings. The van der Waals surface area contributed by atoms with Gasteiger partial charge in [-0.05, 0) is 153 Å². The molecule has 3 heterocycles. The van der Waals surface area contributed by atoms with Gasteiger partial charge in [0.25, 0.3) is 6.71 Å². The molecule has 0 N–H and O–H groups in total. The van der Waals surface area contributed by atoms with Crippen LogP contribution in [0.3, 0.4) is 0 Å². The second-order valence-electron chi connectivity index (χ2n) is 21.1. The highest BCUT2D eigenvalue weighted by Gasteiger charge is 2.47. The van der Waals surface area contributed by atoms with Gasteiger partial charge >= 0.3 is 0 Å². The lowest BCUT2D eigenvalue weighted by molar-refractivity contribution is 0.332. The van der Waals surface area contributed by atoms with E-state index >= 15 is 0 Å². The van der Waals surface area contributed by atoms with Crippen LogP contribution in [-0.4, -0.2) is 6.71 Å². The minimum Gasteiger partial charge on any atom is -0.311 e. The highest BCUT2D eigenvalue weighted by molar-refractivity contribution is 7.33. The van der Waals surface area contributed by atoms with Crippen LogP contribution in [0.1, 0.15) is 130 Å². The van der Waals surface area contributed by atoms with E-state index in [9.17, 15) is 0 Å². The van der Waals surface area contributed by atoms with E-state index in [1.807, 2.05) is 0 Å². The summed E-state index contributed by atoms with van der Waals surface area (Å²) >= 11 is 2.06. The van der Waals surface area contributed by atoms with Gasteiger partial charge in [0.15, 0.2) is 0 Å². The minimum atomic E-state index is 0.0189. The summed E-state index contributed by atoms with van der Waals surface area (Å²) in [5.41, 5.74) is 19.9. The first kappa shape index (κ1) is 37.7. The van der Waals surface area contributed by atoms with E-state index in [2.05, 4.69) is 194 Å². The van der Waals surface area contributed by atoms with Crippen LogP contribution in [0.5, 0.6) is 0 Å². The van der Waals surface area contributed by atoms with Crippen LogP contribution >= 0.6 is 11.3 Å². The Kier molecular flexibility index (Phi) is 8.44. The van der Waals surface area contributed by atoms with Gasteiger partial charge in [-0.3, -0.25) is 0 Å². The number of nitrogens with zero attached hydrogens (tertiary/aromatic N) is 2. The minimum absolute atomic E-state index is 0.0189. The molecule has 0 unspecified atom stereocenters. The van der Waals surface area contributed by atoms with Crippen molar-refractivity contribution in [1.29, 1.82) is 0 Å². The van der Waals surface area contributed by atoms with Gasteiger partial charge in [0.05, 0.1) is 5.69 Å². The molecule has 0 radical (unpaired) electrons. The number of benzene rings is 4. The summed E-state index contributed by atoms with van der Waals surface area (Å²) in [6, 6.07) is 29.2. The summed E-state index contributed by atoms with van der Waals surface area (Å²) in [4.78, 5) is 5.27. The van der Waals surface area contributed by atoms with Crippen LogP contribution in [0.4, 0.5) is 28.4 Å². The molecule has 5 aliphatic rings. The highest BCUT2D eigenvalue weighted by atomic mass is 32.1. The van der Waals surface area contributed by atoms with Crippen molar-refractivity contribution in [2.75, 3.05) is 9.80 Å². The van der Waals surface area contributed by atoms with Crippen molar-refractivity contribution < 1.29 is 0 Å².